The highest BCUT2D eigenvalue weighted by molar-refractivity contribution is 7.90. The molecule has 1 aromatic rings. The van der Waals surface area contributed by atoms with Crippen molar-refractivity contribution in [3.8, 4) is 0 Å². The van der Waals surface area contributed by atoms with Gasteiger partial charge in [0.1, 0.15) is 6.04 Å². The van der Waals surface area contributed by atoms with E-state index in [1.807, 2.05) is 0 Å². The van der Waals surface area contributed by atoms with E-state index in [9.17, 15) is 18.0 Å². The van der Waals surface area contributed by atoms with Crippen LogP contribution in [0, 0.1) is 0 Å². The van der Waals surface area contributed by atoms with E-state index in [2.05, 4.69) is 0 Å². The molecule has 1 atom stereocenters. The summed E-state index contributed by atoms with van der Waals surface area (Å²) in [5.74, 6) is -0.896. The minimum atomic E-state index is -3.37. The fourth-order valence-corrected chi connectivity index (χ4v) is 3.00. The smallest absolute Gasteiger partial charge is 0.254 e. The lowest BCUT2D eigenvalue weighted by Crippen LogP contribution is -2.43. The Morgan fingerprint density at radius 3 is 2.65 bits per heavy atom. The van der Waals surface area contributed by atoms with Crippen molar-refractivity contribution < 1.29 is 18.0 Å². The first-order valence-electron chi connectivity index (χ1n) is 6.21. The minimum Gasteiger partial charge on any atom is -0.368 e. The van der Waals surface area contributed by atoms with Crippen molar-refractivity contribution >= 4 is 21.7 Å². The second kappa shape index (κ2) is 5.24. The predicted octanol–water partition coefficient (Wildman–Crippen LogP) is 0.180. The maximum Gasteiger partial charge on any atom is 0.254 e. The summed E-state index contributed by atoms with van der Waals surface area (Å²) in [6, 6.07) is 5.20. The van der Waals surface area contributed by atoms with Crippen molar-refractivity contribution in [1.82, 2.24) is 4.90 Å². The Balaban J connectivity index is 2.32. The van der Waals surface area contributed by atoms with E-state index in [0.717, 1.165) is 6.26 Å². The third kappa shape index (κ3) is 2.82. The monoisotopic (exact) mass is 296 g/mol. The van der Waals surface area contributed by atoms with E-state index in [-0.39, 0.29) is 16.4 Å². The first kappa shape index (κ1) is 14.5. The summed E-state index contributed by atoms with van der Waals surface area (Å²) < 4.78 is 23.0. The number of benzene rings is 1. The molecular formula is C13H16N2O4S. The van der Waals surface area contributed by atoms with Crippen LogP contribution in [0.4, 0.5) is 0 Å². The highest BCUT2D eigenvalue weighted by Gasteiger charge is 2.33. The van der Waals surface area contributed by atoms with Gasteiger partial charge in [0, 0.05) is 18.4 Å². The second-order valence-corrected chi connectivity index (χ2v) is 6.87. The van der Waals surface area contributed by atoms with Gasteiger partial charge >= 0.3 is 0 Å². The number of rotatable bonds is 3. The average molecular weight is 296 g/mol. The van der Waals surface area contributed by atoms with Crippen molar-refractivity contribution in [3.05, 3.63) is 29.8 Å². The van der Waals surface area contributed by atoms with E-state index in [0.29, 0.717) is 19.4 Å². The molecule has 1 fully saturated rings. The number of primary amides is 1. The van der Waals surface area contributed by atoms with Crippen LogP contribution < -0.4 is 5.73 Å². The Morgan fingerprint density at radius 2 is 2.05 bits per heavy atom. The molecule has 0 saturated carbocycles. The zero-order valence-electron chi connectivity index (χ0n) is 11.1. The number of sulfone groups is 1. The molecule has 1 heterocycles. The van der Waals surface area contributed by atoms with Gasteiger partial charge in [0.15, 0.2) is 9.84 Å². The van der Waals surface area contributed by atoms with Crippen LogP contribution in [0.5, 0.6) is 0 Å². The van der Waals surface area contributed by atoms with Crippen LogP contribution >= 0.6 is 0 Å². The number of hydrogen-bond acceptors (Lipinski definition) is 4. The van der Waals surface area contributed by atoms with Crippen molar-refractivity contribution in [2.75, 3.05) is 12.8 Å². The molecule has 7 heteroatoms. The van der Waals surface area contributed by atoms with Crippen LogP contribution in [0.3, 0.4) is 0 Å². The van der Waals surface area contributed by atoms with E-state index in [1.54, 1.807) is 0 Å². The summed E-state index contributed by atoms with van der Waals surface area (Å²) in [4.78, 5) is 25.2. The Kier molecular flexibility index (Phi) is 3.80. The van der Waals surface area contributed by atoms with Crippen LogP contribution in [0.15, 0.2) is 29.2 Å². The van der Waals surface area contributed by atoms with Gasteiger partial charge in [0.25, 0.3) is 5.91 Å². The molecule has 0 aromatic heterocycles. The van der Waals surface area contributed by atoms with Gasteiger partial charge in [-0.1, -0.05) is 6.07 Å². The normalized spacial score (nSPS) is 19.1. The van der Waals surface area contributed by atoms with E-state index < -0.39 is 21.8 Å². The molecule has 0 bridgehead atoms. The lowest BCUT2D eigenvalue weighted by atomic mass is 10.1. The Morgan fingerprint density at radius 1 is 1.35 bits per heavy atom. The van der Waals surface area contributed by atoms with Crippen molar-refractivity contribution in [1.29, 1.82) is 0 Å². The third-order valence-corrected chi connectivity index (χ3v) is 4.46. The molecule has 1 aliphatic heterocycles. The van der Waals surface area contributed by atoms with Gasteiger partial charge < -0.3 is 10.6 Å². The van der Waals surface area contributed by atoms with Crippen LogP contribution in [0.2, 0.25) is 0 Å². The molecule has 2 N–H and O–H groups in total. The number of amides is 2. The first-order valence-corrected chi connectivity index (χ1v) is 8.10. The highest BCUT2D eigenvalue weighted by Crippen LogP contribution is 2.21. The Bertz CT molecular complexity index is 654. The molecule has 2 amide bonds. The maximum absolute atomic E-state index is 12.4. The topological polar surface area (TPSA) is 97.5 Å². The quantitative estimate of drug-likeness (QED) is 0.860. The molecular weight excluding hydrogens is 280 g/mol. The van der Waals surface area contributed by atoms with Gasteiger partial charge in [-0.25, -0.2) is 8.42 Å². The minimum absolute atomic E-state index is 0.0816. The zero-order chi connectivity index (χ0) is 14.9. The average Bonchev–Trinajstić information content (AvgIpc) is 2.86. The summed E-state index contributed by atoms with van der Waals surface area (Å²) in [5, 5.41) is 0. The number of hydrogen-bond donors (Lipinski definition) is 1. The number of nitrogens with two attached hydrogens (primary N) is 1. The van der Waals surface area contributed by atoms with Gasteiger partial charge in [0.2, 0.25) is 5.91 Å². The van der Waals surface area contributed by atoms with Gasteiger partial charge in [-0.2, -0.15) is 0 Å². The molecule has 6 nitrogen and oxygen atoms in total. The fraction of sp³-hybridized carbons (Fsp3) is 0.385. The van der Waals surface area contributed by atoms with Gasteiger partial charge in [0.05, 0.1) is 4.90 Å². The lowest BCUT2D eigenvalue weighted by Gasteiger charge is -2.22. The van der Waals surface area contributed by atoms with Crippen LogP contribution in [0.1, 0.15) is 23.2 Å². The van der Waals surface area contributed by atoms with Gasteiger partial charge in [-0.3, -0.25) is 9.59 Å². The largest absolute Gasteiger partial charge is 0.368 e. The molecule has 108 valence electrons. The molecule has 0 radical (unpaired) electrons. The molecule has 0 spiro atoms. The molecule has 2 rings (SSSR count). The van der Waals surface area contributed by atoms with E-state index in [4.69, 9.17) is 5.73 Å². The summed E-state index contributed by atoms with van der Waals surface area (Å²) in [6.45, 7) is 0.454. The van der Waals surface area contributed by atoms with Crippen molar-refractivity contribution in [2.45, 2.75) is 23.8 Å². The predicted molar refractivity (Wildman–Crippen MR) is 72.8 cm³/mol. The summed E-state index contributed by atoms with van der Waals surface area (Å²) in [7, 11) is -3.37. The molecule has 1 saturated heterocycles. The molecule has 1 unspecified atom stereocenters. The highest BCUT2D eigenvalue weighted by atomic mass is 32.2. The molecule has 0 aliphatic carbocycles. The number of nitrogens with zero attached hydrogens (tertiary/aromatic N) is 1. The van der Waals surface area contributed by atoms with Crippen molar-refractivity contribution in [2.24, 2.45) is 5.73 Å². The van der Waals surface area contributed by atoms with Gasteiger partial charge in [-0.05, 0) is 31.0 Å². The molecule has 20 heavy (non-hydrogen) atoms. The van der Waals surface area contributed by atoms with E-state index in [1.165, 1.54) is 29.2 Å². The molecule has 1 aliphatic rings. The van der Waals surface area contributed by atoms with Crippen LogP contribution in [-0.2, 0) is 14.6 Å². The Labute approximate surface area is 117 Å². The second-order valence-electron chi connectivity index (χ2n) is 4.86. The number of likely N-dealkylation sites (tertiary alicyclic amines) is 1. The summed E-state index contributed by atoms with van der Waals surface area (Å²) in [5.41, 5.74) is 5.53. The van der Waals surface area contributed by atoms with Crippen LogP contribution in [0.25, 0.3) is 0 Å². The molecule has 1 aromatic carbocycles. The summed E-state index contributed by atoms with van der Waals surface area (Å²) >= 11 is 0. The fourth-order valence-electron chi connectivity index (χ4n) is 2.33. The zero-order valence-corrected chi connectivity index (χ0v) is 11.9. The third-order valence-electron chi connectivity index (χ3n) is 3.35. The van der Waals surface area contributed by atoms with E-state index >= 15 is 0 Å². The van der Waals surface area contributed by atoms with Crippen molar-refractivity contribution in [3.63, 3.8) is 0 Å². The number of carbonyl (C=O) groups excluding carboxylic acids is 2. The lowest BCUT2D eigenvalue weighted by molar-refractivity contribution is -0.121. The Hall–Kier alpha value is -1.89. The van der Waals surface area contributed by atoms with Crippen LogP contribution in [-0.4, -0.2) is 44.0 Å². The summed E-state index contributed by atoms with van der Waals surface area (Å²) in [6.07, 6.45) is 2.34. The standard InChI is InChI=1S/C13H16N2O4S/c1-20(18,19)10-5-2-4-9(8-10)13(17)15-7-3-6-11(15)12(14)16/h2,4-5,8,11H,3,6-7H2,1H3,(H2,14,16). The maximum atomic E-state index is 12.4. The first-order chi connectivity index (χ1) is 9.30. The SMILES string of the molecule is CS(=O)(=O)c1cccc(C(=O)N2CCCC2C(N)=O)c1. The van der Waals surface area contributed by atoms with Gasteiger partial charge in [-0.15, -0.1) is 0 Å². The number of carbonyl (C=O) groups is 2.